The van der Waals surface area contributed by atoms with Gasteiger partial charge in [-0.1, -0.05) is 17.3 Å². The van der Waals surface area contributed by atoms with Gasteiger partial charge in [0.2, 0.25) is 0 Å². The number of carbonyl (C=O) groups excluding carboxylic acids is 1. The van der Waals surface area contributed by atoms with Crippen molar-refractivity contribution in [3.8, 4) is 0 Å². The molecule has 2 atom stereocenters. The van der Waals surface area contributed by atoms with Gasteiger partial charge >= 0.3 is 6.18 Å². The Bertz CT molecular complexity index is 1090. The summed E-state index contributed by atoms with van der Waals surface area (Å²) in [6.07, 6.45) is -5.17. The van der Waals surface area contributed by atoms with Gasteiger partial charge in [0.25, 0.3) is 11.6 Å². The number of pyridine rings is 1. The normalized spacial score (nSPS) is 19.9. The number of hydrogen-bond acceptors (Lipinski definition) is 5. The van der Waals surface area contributed by atoms with Crippen LogP contribution in [0.15, 0.2) is 34.9 Å². The number of carbonyl (C=O) groups is 1. The van der Waals surface area contributed by atoms with Gasteiger partial charge in [-0.05, 0) is 44.0 Å². The Kier molecular flexibility index (Phi) is 4.57. The number of fused-ring (bicyclic) bond motifs is 1. The van der Waals surface area contributed by atoms with Crippen LogP contribution in [0.4, 0.5) is 13.2 Å². The fourth-order valence-corrected chi connectivity index (χ4v) is 3.82. The largest absolute Gasteiger partial charge is 0.416 e. The molecule has 1 amide bonds. The van der Waals surface area contributed by atoms with Crippen LogP contribution in [0, 0.1) is 13.8 Å². The van der Waals surface area contributed by atoms with Crippen molar-refractivity contribution in [1.29, 1.82) is 0 Å². The summed E-state index contributed by atoms with van der Waals surface area (Å²) in [4.78, 5) is 19.0. The lowest BCUT2D eigenvalue weighted by Crippen LogP contribution is -2.32. The summed E-state index contributed by atoms with van der Waals surface area (Å²) in [6, 6.07) is 5.78. The Morgan fingerprint density at radius 1 is 1.28 bits per heavy atom. The molecule has 1 saturated heterocycles. The summed E-state index contributed by atoms with van der Waals surface area (Å²) in [5.41, 5.74) is 1.10. The van der Waals surface area contributed by atoms with Crippen molar-refractivity contribution in [2.45, 2.75) is 38.6 Å². The number of aryl methyl sites for hydroxylation is 2. The molecule has 1 N–H and O–H groups in total. The van der Waals surface area contributed by atoms with Gasteiger partial charge in [0, 0.05) is 12.2 Å². The molecule has 152 valence electrons. The van der Waals surface area contributed by atoms with E-state index in [0.717, 1.165) is 12.1 Å². The summed E-state index contributed by atoms with van der Waals surface area (Å²) in [6.45, 7) is 3.41. The van der Waals surface area contributed by atoms with Gasteiger partial charge in [0.15, 0.2) is 0 Å². The number of rotatable bonds is 2. The number of aromatic nitrogens is 2. The highest BCUT2D eigenvalue weighted by molar-refractivity contribution is 6.06. The molecule has 1 aliphatic heterocycles. The van der Waals surface area contributed by atoms with E-state index < -0.39 is 29.8 Å². The predicted molar refractivity (Wildman–Crippen MR) is 97.1 cm³/mol. The molecule has 2 aromatic heterocycles. The lowest BCUT2D eigenvalue weighted by Gasteiger charge is -2.25. The zero-order chi connectivity index (χ0) is 20.9. The zero-order valence-electron chi connectivity index (χ0n) is 15.7. The van der Waals surface area contributed by atoms with Crippen molar-refractivity contribution in [2.75, 3.05) is 6.54 Å². The van der Waals surface area contributed by atoms with Gasteiger partial charge in [0.1, 0.15) is 0 Å². The number of alkyl halides is 3. The van der Waals surface area contributed by atoms with Crippen LogP contribution < -0.4 is 0 Å². The summed E-state index contributed by atoms with van der Waals surface area (Å²) < 4.78 is 44.5. The number of aliphatic hydroxyl groups is 1. The van der Waals surface area contributed by atoms with Gasteiger partial charge in [-0.15, -0.1) is 0 Å². The topological polar surface area (TPSA) is 79.5 Å². The SMILES string of the molecule is Cc1cc(C(=O)N2C[C@@H](O)C[C@@H]2c2cccc(C(F)(F)F)c2)c2c(C)noc2n1. The number of halogens is 3. The summed E-state index contributed by atoms with van der Waals surface area (Å²) in [5, 5.41) is 14.5. The molecule has 1 aromatic carbocycles. The third-order valence-electron chi connectivity index (χ3n) is 5.11. The second-order valence-corrected chi connectivity index (χ2v) is 7.25. The first kappa shape index (κ1) is 19.4. The number of aliphatic hydroxyl groups excluding tert-OH is 1. The monoisotopic (exact) mass is 405 g/mol. The summed E-state index contributed by atoms with van der Waals surface area (Å²) in [7, 11) is 0. The van der Waals surface area contributed by atoms with Crippen LogP contribution in [-0.4, -0.2) is 38.7 Å². The van der Waals surface area contributed by atoms with Crippen molar-refractivity contribution >= 4 is 17.0 Å². The number of β-amino-alcohol motifs (C(OH)–C–C–N with tert-alkyl or cyclic N) is 1. The van der Waals surface area contributed by atoms with Crippen LogP contribution in [0.25, 0.3) is 11.1 Å². The molecule has 3 aromatic rings. The zero-order valence-corrected chi connectivity index (χ0v) is 15.7. The van der Waals surface area contributed by atoms with Gasteiger partial charge in [0.05, 0.1) is 34.4 Å². The Hall–Kier alpha value is -2.94. The summed E-state index contributed by atoms with van der Waals surface area (Å²) in [5.74, 6) is -0.411. The lowest BCUT2D eigenvalue weighted by atomic mass is 10.00. The van der Waals surface area contributed by atoms with Crippen molar-refractivity contribution in [3.63, 3.8) is 0 Å². The van der Waals surface area contributed by atoms with Crippen LogP contribution >= 0.6 is 0 Å². The Balaban J connectivity index is 1.76. The van der Waals surface area contributed by atoms with Crippen molar-refractivity contribution < 1.29 is 27.6 Å². The minimum atomic E-state index is -4.49. The average Bonchev–Trinajstić information content (AvgIpc) is 3.23. The second kappa shape index (κ2) is 6.84. The molecule has 1 fully saturated rings. The predicted octanol–water partition coefficient (Wildman–Crippen LogP) is 3.81. The first-order valence-corrected chi connectivity index (χ1v) is 9.05. The molecule has 6 nitrogen and oxygen atoms in total. The Morgan fingerprint density at radius 2 is 2.03 bits per heavy atom. The fourth-order valence-electron chi connectivity index (χ4n) is 3.82. The number of likely N-dealkylation sites (tertiary alicyclic amines) is 1. The minimum Gasteiger partial charge on any atom is -0.391 e. The first-order chi connectivity index (χ1) is 13.6. The standard InChI is InChI=1S/C20H18F3N3O3/c1-10-6-15(17-11(2)25-29-18(17)24-10)19(28)26-9-14(27)8-16(26)12-4-3-5-13(7-12)20(21,22)23/h3-7,14,16,27H,8-9H2,1-2H3/t14-,16+/m0/s1. The van der Waals surface area contributed by atoms with Crippen LogP contribution in [0.3, 0.4) is 0 Å². The van der Waals surface area contributed by atoms with Crippen molar-refractivity contribution in [2.24, 2.45) is 0 Å². The van der Waals surface area contributed by atoms with E-state index in [2.05, 4.69) is 10.1 Å². The third-order valence-corrected chi connectivity index (χ3v) is 5.11. The lowest BCUT2D eigenvalue weighted by molar-refractivity contribution is -0.137. The van der Waals surface area contributed by atoms with Crippen LogP contribution in [0.2, 0.25) is 0 Å². The quantitative estimate of drug-likeness (QED) is 0.702. The molecular formula is C20H18F3N3O3. The molecule has 29 heavy (non-hydrogen) atoms. The van der Waals surface area contributed by atoms with Gasteiger partial charge in [-0.3, -0.25) is 4.79 Å². The maximum Gasteiger partial charge on any atom is 0.416 e. The fraction of sp³-hybridized carbons (Fsp3) is 0.350. The van der Waals surface area contributed by atoms with Gasteiger partial charge in [-0.25, -0.2) is 4.98 Å². The van der Waals surface area contributed by atoms with Crippen LogP contribution in [0.1, 0.15) is 45.3 Å². The first-order valence-electron chi connectivity index (χ1n) is 9.05. The van der Waals surface area contributed by atoms with E-state index in [-0.39, 0.29) is 18.7 Å². The maximum atomic E-state index is 13.4. The molecular weight excluding hydrogens is 387 g/mol. The average molecular weight is 405 g/mol. The van der Waals surface area contributed by atoms with E-state index >= 15 is 0 Å². The molecule has 9 heteroatoms. The molecule has 0 saturated carbocycles. The minimum absolute atomic E-state index is 0.0208. The highest BCUT2D eigenvalue weighted by atomic mass is 19.4. The molecule has 0 bridgehead atoms. The number of amides is 1. The highest BCUT2D eigenvalue weighted by Crippen LogP contribution is 2.37. The van der Waals surface area contributed by atoms with E-state index in [1.54, 1.807) is 19.9 Å². The highest BCUT2D eigenvalue weighted by Gasteiger charge is 2.38. The molecule has 4 rings (SSSR count). The number of hydrogen-bond donors (Lipinski definition) is 1. The van der Waals surface area contributed by atoms with Gasteiger partial charge in [-0.2, -0.15) is 13.2 Å². The van der Waals surface area contributed by atoms with E-state index in [1.807, 2.05) is 0 Å². The number of benzene rings is 1. The van der Waals surface area contributed by atoms with Crippen LogP contribution in [-0.2, 0) is 6.18 Å². The Labute approximate surface area is 163 Å². The molecule has 1 aliphatic rings. The van der Waals surface area contributed by atoms with Crippen LogP contribution in [0.5, 0.6) is 0 Å². The maximum absolute atomic E-state index is 13.4. The van der Waals surface area contributed by atoms with E-state index in [0.29, 0.717) is 27.9 Å². The van der Waals surface area contributed by atoms with E-state index in [1.165, 1.54) is 17.0 Å². The summed E-state index contributed by atoms with van der Waals surface area (Å²) >= 11 is 0. The molecule has 0 spiro atoms. The molecule has 0 unspecified atom stereocenters. The molecule has 0 radical (unpaired) electrons. The number of nitrogens with zero attached hydrogens (tertiary/aromatic N) is 3. The Morgan fingerprint density at radius 3 is 2.76 bits per heavy atom. The van der Waals surface area contributed by atoms with Gasteiger partial charge < -0.3 is 14.5 Å². The second-order valence-electron chi connectivity index (χ2n) is 7.25. The third kappa shape index (κ3) is 3.46. The van der Waals surface area contributed by atoms with E-state index in [4.69, 9.17) is 4.52 Å². The van der Waals surface area contributed by atoms with E-state index in [9.17, 15) is 23.1 Å². The molecule has 3 heterocycles. The van der Waals surface area contributed by atoms with Crippen molar-refractivity contribution in [1.82, 2.24) is 15.0 Å². The molecule has 0 aliphatic carbocycles. The smallest absolute Gasteiger partial charge is 0.391 e. The van der Waals surface area contributed by atoms with Crippen molar-refractivity contribution in [3.05, 3.63) is 58.4 Å².